The van der Waals surface area contributed by atoms with E-state index >= 15 is 0 Å². The minimum absolute atomic E-state index is 0.609. The number of aromatic nitrogens is 2. The fraction of sp³-hybridized carbons (Fsp3) is 0.400. The Balaban J connectivity index is 1.32. The van der Waals surface area contributed by atoms with Gasteiger partial charge in [-0.05, 0) is 37.1 Å². The molecule has 2 atom stereocenters. The standard InChI is InChI=1S/C20H23N3O2/c1-14-10-17(14)18-9-8-16(24-18)12-23(2)13-20-21-19(22-25-20)11-15-6-4-3-5-7-15/h3-9,14,17H,10-13H2,1-2H3/t14-,17-/m1/s1. The minimum atomic E-state index is 0.609. The lowest BCUT2D eigenvalue weighted by atomic mass is 10.1. The van der Waals surface area contributed by atoms with Crippen molar-refractivity contribution in [2.75, 3.05) is 7.05 Å². The molecule has 0 N–H and O–H groups in total. The maximum atomic E-state index is 5.96. The molecule has 25 heavy (non-hydrogen) atoms. The van der Waals surface area contributed by atoms with Crippen LogP contribution in [-0.4, -0.2) is 22.1 Å². The zero-order valence-electron chi connectivity index (χ0n) is 14.7. The third-order valence-electron chi connectivity index (χ3n) is 4.70. The molecule has 0 unspecified atom stereocenters. The predicted octanol–water partition coefficient (Wildman–Crippen LogP) is 4.01. The van der Waals surface area contributed by atoms with Crippen LogP contribution in [0.5, 0.6) is 0 Å². The number of rotatable bonds is 7. The van der Waals surface area contributed by atoms with Gasteiger partial charge in [0.2, 0.25) is 5.89 Å². The van der Waals surface area contributed by atoms with E-state index in [9.17, 15) is 0 Å². The topological polar surface area (TPSA) is 55.3 Å². The van der Waals surface area contributed by atoms with Crippen molar-refractivity contribution < 1.29 is 8.94 Å². The lowest BCUT2D eigenvalue weighted by Gasteiger charge is -2.11. The molecule has 1 fully saturated rings. The molecule has 1 saturated carbocycles. The largest absolute Gasteiger partial charge is 0.464 e. The summed E-state index contributed by atoms with van der Waals surface area (Å²) in [5.41, 5.74) is 1.18. The smallest absolute Gasteiger partial charge is 0.240 e. The third kappa shape index (κ3) is 3.99. The molecule has 0 amide bonds. The van der Waals surface area contributed by atoms with Crippen LogP contribution in [0.15, 0.2) is 51.4 Å². The van der Waals surface area contributed by atoms with Crippen LogP contribution in [0, 0.1) is 5.92 Å². The maximum Gasteiger partial charge on any atom is 0.240 e. The van der Waals surface area contributed by atoms with Crippen LogP contribution in [0.3, 0.4) is 0 Å². The lowest BCUT2D eigenvalue weighted by Crippen LogP contribution is -2.17. The van der Waals surface area contributed by atoms with Gasteiger partial charge in [0.05, 0.1) is 13.1 Å². The van der Waals surface area contributed by atoms with Gasteiger partial charge in [-0.15, -0.1) is 0 Å². The number of hydrogen-bond donors (Lipinski definition) is 0. The van der Waals surface area contributed by atoms with Crippen LogP contribution >= 0.6 is 0 Å². The van der Waals surface area contributed by atoms with Crippen molar-refractivity contribution in [3.63, 3.8) is 0 Å². The van der Waals surface area contributed by atoms with Gasteiger partial charge in [-0.1, -0.05) is 42.4 Å². The molecule has 1 aliphatic carbocycles. The van der Waals surface area contributed by atoms with Gasteiger partial charge in [-0.3, -0.25) is 4.90 Å². The van der Waals surface area contributed by atoms with Crippen molar-refractivity contribution in [3.05, 3.63) is 71.3 Å². The van der Waals surface area contributed by atoms with Gasteiger partial charge < -0.3 is 8.94 Å². The highest BCUT2D eigenvalue weighted by Gasteiger charge is 2.36. The number of benzene rings is 1. The SMILES string of the molecule is C[C@@H]1C[C@H]1c1ccc(CN(C)Cc2nc(Cc3ccccc3)no2)o1. The van der Waals surface area contributed by atoms with Crippen molar-refractivity contribution in [3.8, 4) is 0 Å². The molecule has 3 aromatic rings. The molecule has 4 rings (SSSR count). The van der Waals surface area contributed by atoms with Gasteiger partial charge in [-0.2, -0.15) is 4.98 Å². The van der Waals surface area contributed by atoms with Crippen LogP contribution in [0.4, 0.5) is 0 Å². The fourth-order valence-corrected chi connectivity index (χ4v) is 3.15. The normalized spacial score (nSPS) is 19.5. The van der Waals surface area contributed by atoms with E-state index in [-0.39, 0.29) is 0 Å². The first kappa shape index (κ1) is 16.1. The van der Waals surface area contributed by atoms with Gasteiger partial charge in [0, 0.05) is 12.3 Å². The Morgan fingerprint density at radius 1 is 1.12 bits per heavy atom. The van der Waals surface area contributed by atoms with E-state index in [1.54, 1.807) is 0 Å². The van der Waals surface area contributed by atoms with E-state index in [4.69, 9.17) is 8.94 Å². The lowest BCUT2D eigenvalue weighted by molar-refractivity contribution is 0.242. The molecule has 130 valence electrons. The molecule has 0 bridgehead atoms. The monoisotopic (exact) mass is 337 g/mol. The van der Waals surface area contributed by atoms with Crippen LogP contribution in [-0.2, 0) is 19.5 Å². The molecule has 0 radical (unpaired) electrons. The van der Waals surface area contributed by atoms with Gasteiger partial charge in [-0.25, -0.2) is 0 Å². The number of furan rings is 1. The summed E-state index contributed by atoms with van der Waals surface area (Å²) in [6.07, 6.45) is 1.93. The third-order valence-corrected chi connectivity index (χ3v) is 4.70. The molecular weight excluding hydrogens is 314 g/mol. The summed E-state index contributed by atoms with van der Waals surface area (Å²) in [5.74, 6) is 4.85. The maximum absolute atomic E-state index is 5.96. The van der Waals surface area contributed by atoms with Gasteiger partial charge in [0.1, 0.15) is 11.5 Å². The van der Waals surface area contributed by atoms with Crippen molar-refractivity contribution in [2.24, 2.45) is 5.92 Å². The Labute approximate surface area is 147 Å². The summed E-state index contributed by atoms with van der Waals surface area (Å²) in [6, 6.07) is 14.4. The summed E-state index contributed by atoms with van der Waals surface area (Å²) in [6.45, 7) is 3.61. The number of nitrogens with zero attached hydrogens (tertiary/aromatic N) is 3. The zero-order valence-corrected chi connectivity index (χ0v) is 14.7. The van der Waals surface area contributed by atoms with Crippen LogP contribution < -0.4 is 0 Å². The highest BCUT2D eigenvalue weighted by atomic mass is 16.5. The summed E-state index contributed by atoms with van der Waals surface area (Å²) in [5, 5.41) is 4.08. The average Bonchev–Trinajstić information content (AvgIpc) is 2.97. The van der Waals surface area contributed by atoms with E-state index in [0.717, 1.165) is 29.8 Å². The Morgan fingerprint density at radius 2 is 1.92 bits per heavy atom. The second-order valence-electron chi connectivity index (χ2n) is 7.06. The van der Waals surface area contributed by atoms with E-state index < -0.39 is 0 Å². The van der Waals surface area contributed by atoms with E-state index in [1.165, 1.54) is 12.0 Å². The Hall–Kier alpha value is -2.40. The molecule has 1 aromatic carbocycles. The molecule has 5 heteroatoms. The second kappa shape index (κ2) is 6.84. The molecule has 5 nitrogen and oxygen atoms in total. The van der Waals surface area contributed by atoms with Crippen molar-refractivity contribution in [1.29, 1.82) is 0 Å². The first-order valence-electron chi connectivity index (χ1n) is 8.80. The Bertz CT molecular complexity index is 824. The Kier molecular flexibility index (Phi) is 4.40. The van der Waals surface area contributed by atoms with Crippen LogP contribution in [0.1, 0.15) is 48.1 Å². The van der Waals surface area contributed by atoms with Crippen molar-refractivity contribution >= 4 is 0 Å². The molecule has 0 aliphatic heterocycles. The summed E-state index contributed by atoms with van der Waals surface area (Å²) < 4.78 is 11.3. The van der Waals surface area contributed by atoms with Gasteiger partial charge in [0.25, 0.3) is 0 Å². The van der Waals surface area contributed by atoms with Crippen molar-refractivity contribution in [2.45, 2.75) is 38.8 Å². The quantitative estimate of drug-likeness (QED) is 0.652. The highest BCUT2D eigenvalue weighted by molar-refractivity contribution is 5.19. The van der Waals surface area contributed by atoms with E-state index in [0.29, 0.717) is 24.8 Å². The molecule has 2 heterocycles. The fourth-order valence-electron chi connectivity index (χ4n) is 3.15. The molecule has 0 spiro atoms. The molecule has 1 aliphatic rings. The first-order valence-corrected chi connectivity index (χ1v) is 8.80. The average molecular weight is 337 g/mol. The Morgan fingerprint density at radius 3 is 2.68 bits per heavy atom. The van der Waals surface area contributed by atoms with Crippen LogP contribution in [0.25, 0.3) is 0 Å². The van der Waals surface area contributed by atoms with E-state index in [1.807, 2.05) is 25.2 Å². The van der Waals surface area contributed by atoms with Crippen LogP contribution in [0.2, 0.25) is 0 Å². The summed E-state index contributed by atoms with van der Waals surface area (Å²) in [4.78, 5) is 6.61. The zero-order chi connectivity index (χ0) is 17.2. The second-order valence-corrected chi connectivity index (χ2v) is 7.06. The first-order chi connectivity index (χ1) is 12.2. The molecule has 2 aromatic heterocycles. The van der Waals surface area contributed by atoms with Gasteiger partial charge in [0.15, 0.2) is 5.82 Å². The highest BCUT2D eigenvalue weighted by Crippen LogP contribution is 2.47. The summed E-state index contributed by atoms with van der Waals surface area (Å²) in [7, 11) is 2.03. The molecule has 0 saturated heterocycles. The van der Waals surface area contributed by atoms with E-state index in [2.05, 4.69) is 46.2 Å². The predicted molar refractivity (Wildman–Crippen MR) is 93.9 cm³/mol. The minimum Gasteiger partial charge on any atom is -0.464 e. The molecular formula is C20H23N3O2. The number of hydrogen-bond acceptors (Lipinski definition) is 5. The summed E-state index contributed by atoms with van der Waals surface area (Å²) >= 11 is 0. The van der Waals surface area contributed by atoms with Gasteiger partial charge >= 0.3 is 0 Å². The van der Waals surface area contributed by atoms with Crippen molar-refractivity contribution in [1.82, 2.24) is 15.0 Å².